The molecule has 0 amide bonds. The molecule has 0 spiro atoms. The molecule has 0 bridgehead atoms. The minimum absolute atomic E-state index is 0.184. The SMILES string of the molecule is O=C(Cl)c1cc(F)cc(Br)c1I. The smallest absolute Gasteiger partial charge is 0.253 e. The van der Waals surface area contributed by atoms with Gasteiger partial charge >= 0.3 is 0 Å². The minimum atomic E-state index is -0.653. The normalized spacial score (nSPS) is 10.0. The summed E-state index contributed by atoms with van der Waals surface area (Å²) >= 11 is 10.2. The summed E-state index contributed by atoms with van der Waals surface area (Å²) in [6, 6.07) is 2.40. The Morgan fingerprint density at radius 2 is 2.17 bits per heavy atom. The molecule has 1 nitrogen and oxygen atoms in total. The summed E-state index contributed by atoms with van der Waals surface area (Å²) in [4.78, 5) is 10.7. The Morgan fingerprint density at radius 1 is 1.58 bits per heavy atom. The van der Waals surface area contributed by atoms with Crippen LogP contribution in [0.4, 0.5) is 4.39 Å². The largest absolute Gasteiger partial charge is 0.276 e. The monoisotopic (exact) mass is 362 g/mol. The number of carbonyl (C=O) groups is 1. The molecular weight excluding hydrogens is 361 g/mol. The van der Waals surface area contributed by atoms with Crippen LogP contribution in [-0.4, -0.2) is 5.24 Å². The second-order valence-electron chi connectivity index (χ2n) is 2.02. The van der Waals surface area contributed by atoms with Crippen molar-refractivity contribution in [3.63, 3.8) is 0 Å². The third-order valence-corrected chi connectivity index (χ3v) is 3.94. The average Bonchev–Trinajstić information content (AvgIpc) is 1.96. The summed E-state index contributed by atoms with van der Waals surface area (Å²) in [7, 11) is 0. The Labute approximate surface area is 95.6 Å². The Balaban J connectivity index is 3.37. The van der Waals surface area contributed by atoms with Gasteiger partial charge in [-0.3, -0.25) is 4.79 Å². The molecule has 0 aliphatic heterocycles. The van der Waals surface area contributed by atoms with Gasteiger partial charge in [-0.15, -0.1) is 0 Å². The molecule has 1 aromatic rings. The maximum Gasteiger partial charge on any atom is 0.253 e. The van der Waals surface area contributed by atoms with Crippen molar-refractivity contribution in [1.82, 2.24) is 0 Å². The number of benzene rings is 1. The number of halogens is 4. The van der Waals surface area contributed by atoms with Crippen LogP contribution in [0.15, 0.2) is 16.6 Å². The first-order chi connectivity index (χ1) is 5.52. The van der Waals surface area contributed by atoms with Crippen LogP contribution in [0.25, 0.3) is 0 Å². The first-order valence-electron chi connectivity index (χ1n) is 2.86. The van der Waals surface area contributed by atoms with Gasteiger partial charge in [-0.1, -0.05) is 0 Å². The van der Waals surface area contributed by atoms with E-state index in [4.69, 9.17) is 11.6 Å². The Morgan fingerprint density at radius 3 is 2.67 bits per heavy atom. The van der Waals surface area contributed by atoms with Gasteiger partial charge in [-0.05, 0) is 62.3 Å². The topological polar surface area (TPSA) is 17.1 Å². The average molecular weight is 363 g/mol. The molecule has 0 fully saturated rings. The van der Waals surface area contributed by atoms with Crippen molar-refractivity contribution in [1.29, 1.82) is 0 Å². The summed E-state index contributed by atoms with van der Waals surface area (Å²) < 4.78 is 13.9. The van der Waals surface area contributed by atoms with Crippen LogP contribution < -0.4 is 0 Å². The number of hydrogen-bond acceptors (Lipinski definition) is 1. The second-order valence-corrected chi connectivity index (χ2v) is 4.30. The molecule has 0 radical (unpaired) electrons. The van der Waals surface area contributed by atoms with Crippen molar-refractivity contribution in [2.24, 2.45) is 0 Å². The van der Waals surface area contributed by atoms with E-state index in [-0.39, 0.29) is 5.56 Å². The predicted molar refractivity (Wildman–Crippen MR) is 57.0 cm³/mol. The van der Waals surface area contributed by atoms with Gasteiger partial charge in [0.15, 0.2) is 0 Å². The molecule has 0 aliphatic rings. The highest BCUT2D eigenvalue weighted by molar-refractivity contribution is 14.1. The van der Waals surface area contributed by atoms with Crippen molar-refractivity contribution in [3.8, 4) is 0 Å². The zero-order valence-electron chi connectivity index (χ0n) is 5.57. The lowest BCUT2D eigenvalue weighted by molar-refractivity contribution is 0.108. The van der Waals surface area contributed by atoms with E-state index in [0.717, 1.165) is 6.07 Å². The van der Waals surface area contributed by atoms with Crippen LogP contribution in [0.2, 0.25) is 0 Å². The highest BCUT2D eigenvalue weighted by Crippen LogP contribution is 2.25. The summed E-state index contributed by atoms with van der Waals surface area (Å²) in [5, 5.41) is -0.653. The molecule has 0 N–H and O–H groups in total. The molecule has 0 aliphatic carbocycles. The third kappa shape index (κ3) is 2.17. The summed E-state index contributed by atoms with van der Waals surface area (Å²) in [6.07, 6.45) is 0. The van der Waals surface area contributed by atoms with Crippen LogP contribution in [0, 0.1) is 9.39 Å². The first-order valence-corrected chi connectivity index (χ1v) is 5.11. The molecule has 0 heterocycles. The third-order valence-electron chi connectivity index (χ3n) is 1.20. The second kappa shape index (κ2) is 4.02. The maximum atomic E-state index is 12.7. The van der Waals surface area contributed by atoms with Gasteiger partial charge in [-0.2, -0.15) is 0 Å². The molecule has 1 aromatic carbocycles. The van der Waals surface area contributed by atoms with E-state index in [0.29, 0.717) is 8.04 Å². The van der Waals surface area contributed by atoms with Crippen LogP contribution in [-0.2, 0) is 0 Å². The molecule has 0 unspecified atom stereocenters. The predicted octanol–water partition coefficient (Wildman–Crippen LogP) is 3.57. The fourth-order valence-corrected chi connectivity index (χ4v) is 2.00. The standard InChI is InChI=1S/C7H2BrClFIO/c8-5-2-3(10)1-4(6(5)11)7(9)12/h1-2H. The van der Waals surface area contributed by atoms with Gasteiger partial charge in [0.25, 0.3) is 5.24 Å². The molecule has 0 aromatic heterocycles. The van der Waals surface area contributed by atoms with Crippen LogP contribution in [0.3, 0.4) is 0 Å². The molecule has 12 heavy (non-hydrogen) atoms. The van der Waals surface area contributed by atoms with Gasteiger partial charge in [-0.25, -0.2) is 4.39 Å². The van der Waals surface area contributed by atoms with Crippen molar-refractivity contribution >= 4 is 55.4 Å². The highest BCUT2D eigenvalue weighted by atomic mass is 127. The highest BCUT2D eigenvalue weighted by Gasteiger charge is 2.11. The van der Waals surface area contributed by atoms with Crippen LogP contribution in [0.5, 0.6) is 0 Å². The molecule has 0 atom stereocenters. The quantitative estimate of drug-likeness (QED) is 0.424. The molecule has 1 rings (SSSR count). The van der Waals surface area contributed by atoms with E-state index in [9.17, 15) is 9.18 Å². The lowest BCUT2D eigenvalue weighted by Crippen LogP contribution is -1.95. The summed E-state index contributed by atoms with van der Waals surface area (Å²) in [5.41, 5.74) is 0.184. The fourth-order valence-electron chi connectivity index (χ4n) is 0.699. The zero-order chi connectivity index (χ0) is 9.30. The first kappa shape index (κ1) is 10.4. The number of carbonyl (C=O) groups excluding carboxylic acids is 1. The van der Waals surface area contributed by atoms with E-state index in [1.165, 1.54) is 6.07 Å². The van der Waals surface area contributed by atoms with Crippen molar-refractivity contribution in [2.75, 3.05) is 0 Å². The number of hydrogen-bond donors (Lipinski definition) is 0. The maximum absolute atomic E-state index is 12.7. The Kier molecular flexibility index (Phi) is 3.48. The molecule has 5 heteroatoms. The van der Waals surface area contributed by atoms with E-state index >= 15 is 0 Å². The van der Waals surface area contributed by atoms with Crippen LogP contribution in [0.1, 0.15) is 10.4 Å². The van der Waals surface area contributed by atoms with Gasteiger partial charge in [0, 0.05) is 8.04 Å². The van der Waals surface area contributed by atoms with E-state index in [1.54, 1.807) is 0 Å². The van der Waals surface area contributed by atoms with Gasteiger partial charge < -0.3 is 0 Å². The van der Waals surface area contributed by atoms with Gasteiger partial charge in [0.05, 0.1) is 5.56 Å². The van der Waals surface area contributed by atoms with Crippen LogP contribution >= 0.6 is 50.1 Å². The lowest BCUT2D eigenvalue weighted by Gasteiger charge is -2.01. The Bertz CT molecular complexity index is 342. The van der Waals surface area contributed by atoms with E-state index in [2.05, 4.69) is 15.9 Å². The van der Waals surface area contributed by atoms with Gasteiger partial charge in [0.1, 0.15) is 5.82 Å². The summed E-state index contributed by atoms with van der Waals surface area (Å²) in [5.74, 6) is -0.480. The lowest BCUT2D eigenvalue weighted by atomic mass is 10.2. The van der Waals surface area contributed by atoms with Crippen molar-refractivity contribution < 1.29 is 9.18 Å². The van der Waals surface area contributed by atoms with E-state index < -0.39 is 11.1 Å². The van der Waals surface area contributed by atoms with Gasteiger partial charge in [0.2, 0.25) is 0 Å². The zero-order valence-corrected chi connectivity index (χ0v) is 10.1. The molecule has 64 valence electrons. The number of rotatable bonds is 1. The fraction of sp³-hybridized carbons (Fsp3) is 0. The minimum Gasteiger partial charge on any atom is -0.276 e. The molecule has 0 saturated heterocycles. The van der Waals surface area contributed by atoms with Crippen molar-refractivity contribution in [3.05, 3.63) is 31.6 Å². The molecule has 0 saturated carbocycles. The molecular formula is C7H2BrClFIO. The Hall–Kier alpha value is 0.320. The van der Waals surface area contributed by atoms with Crippen molar-refractivity contribution in [2.45, 2.75) is 0 Å². The van der Waals surface area contributed by atoms with E-state index in [1.807, 2.05) is 22.6 Å². The summed E-state index contributed by atoms with van der Waals surface area (Å²) in [6.45, 7) is 0.